The van der Waals surface area contributed by atoms with Crippen LogP contribution in [0.15, 0.2) is 66.9 Å². The number of carbonyl (C=O) groups excluding carboxylic acids is 3. The zero-order chi connectivity index (χ0) is 27.4. The number of likely N-dealkylation sites (tertiary alicyclic amines) is 1. The molecule has 0 aliphatic carbocycles. The molecule has 2 aromatic carbocycles. The molecule has 5 N–H and O–H groups in total. The predicted molar refractivity (Wildman–Crippen MR) is 142 cm³/mol. The molecule has 3 aromatic rings. The van der Waals surface area contributed by atoms with E-state index in [1.807, 2.05) is 6.07 Å². The molecule has 198 valence electrons. The van der Waals surface area contributed by atoms with Gasteiger partial charge in [-0.05, 0) is 55.2 Å². The number of carbonyl (C=O) groups is 3. The Balaban J connectivity index is 1.40. The van der Waals surface area contributed by atoms with E-state index < -0.39 is 36.0 Å². The molecule has 10 heteroatoms. The number of aliphatic hydroxyl groups excluding tert-OH is 2. The monoisotopic (exact) mass is 536 g/mol. The molecule has 0 spiro atoms. The van der Waals surface area contributed by atoms with Gasteiger partial charge in [0.2, 0.25) is 5.91 Å². The lowest BCUT2D eigenvalue weighted by atomic mass is 10.00. The molecular formula is C28H29ClN4O5. The summed E-state index contributed by atoms with van der Waals surface area (Å²) in [4.78, 5) is 43.3. The van der Waals surface area contributed by atoms with Crippen LogP contribution in [0.4, 0.5) is 0 Å². The highest BCUT2D eigenvalue weighted by molar-refractivity contribution is 6.30. The minimum atomic E-state index is -1.97. The summed E-state index contributed by atoms with van der Waals surface area (Å²) in [6.07, 6.45) is -0.933. The highest BCUT2D eigenvalue weighted by Gasteiger charge is 2.38. The first-order chi connectivity index (χ1) is 18.2. The van der Waals surface area contributed by atoms with Gasteiger partial charge in [0.05, 0.1) is 17.8 Å². The molecule has 9 nitrogen and oxygen atoms in total. The van der Waals surface area contributed by atoms with Crippen LogP contribution in [0.1, 0.15) is 53.5 Å². The number of rotatable bonds is 8. The summed E-state index contributed by atoms with van der Waals surface area (Å²) in [5.41, 5.74) is 8.43. The second-order valence-corrected chi connectivity index (χ2v) is 9.68. The highest BCUT2D eigenvalue weighted by Crippen LogP contribution is 2.33. The number of primary amides is 1. The summed E-state index contributed by atoms with van der Waals surface area (Å²) in [7, 11) is 0. The van der Waals surface area contributed by atoms with Gasteiger partial charge in [0, 0.05) is 28.9 Å². The van der Waals surface area contributed by atoms with E-state index in [9.17, 15) is 24.6 Å². The van der Waals surface area contributed by atoms with Gasteiger partial charge in [-0.1, -0.05) is 48.0 Å². The lowest BCUT2D eigenvalue weighted by molar-refractivity contribution is -0.154. The van der Waals surface area contributed by atoms with Crippen molar-refractivity contribution < 1.29 is 24.6 Å². The summed E-state index contributed by atoms with van der Waals surface area (Å²) in [6, 6.07) is 16.5. The first-order valence-corrected chi connectivity index (χ1v) is 12.6. The largest absolute Gasteiger partial charge is 0.380 e. The molecular weight excluding hydrogens is 508 g/mol. The zero-order valence-electron chi connectivity index (χ0n) is 20.8. The van der Waals surface area contributed by atoms with Crippen LogP contribution < -0.4 is 11.1 Å². The normalized spacial score (nSPS) is 17.5. The first-order valence-electron chi connectivity index (χ1n) is 12.2. The molecule has 4 rings (SSSR count). The quantitative estimate of drug-likeness (QED) is 0.348. The smallest absolute Gasteiger partial charge is 0.255 e. The maximum Gasteiger partial charge on any atom is 0.255 e. The maximum absolute atomic E-state index is 13.0. The summed E-state index contributed by atoms with van der Waals surface area (Å²) in [6.45, 7) is 2.06. The second kappa shape index (κ2) is 11.7. The maximum atomic E-state index is 13.0. The van der Waals surface area contributed by atoms with E-state index in [1.165, 1.54) is 4.90 Å². The van der Waals surface area contributed by atoms with Crippen LogP contribution in [0.3, 0.4) is 0 Å². The Hall–Kier alpha value is -3.79. The molecule has 2 heterocycles. The topological polar surface area (TPSA) is 146 Å². The van der Waals surface area contributed by atoms with Crippen molar-refractivity contribution in [3.05, 3.63) is 88.7 Å². The molecule has 38 heavy (non-hydrogen) atoms. The van der Waals surface area contributed by atoms with Gasteiger partial charge < -0.3 is 26.2 Å². The highest BCUT2D eigenvalue weighted by atomic mass is 35.5. The fraction of sp³-hybridized carbons (Fsp3) is 0.286. The Morgan fingerprint density at radius 2 is 1.84 bits per heavy atom. The number of pyridine rings is 1. The van der Waals surface area contributed by atoms with Gasteiger partial charge in [0.1, 0.15) is 0 Å². The summed E-state index contributed by atoms with van der Waals surface area (Å²) in [5, 5.41) is 24.2. The Bertz CT molecular complexity index is 1330. The minimum Gasteiger partial charge on any atom is -0.380 e. The van der Waals surface area contributed by atoms with Gasteiger partial charge in [-0.15, -0.1) is 0 Å². The molecule has 1 aromatic heterocycles. The van der Waals surface area contributed by atoms with Gasteiger partial charge in [-0.25, -0.2) is 0 Å². The predicted octanol–water partition coefficient (Wildman–Crippen LogP) is 2.76. The number of hydrogen-bond acceptors (Lipinski definition) is 6. The van der Waals surface area contributed by atoms with Crippen molar-refractivity contribution in [2.75, 3.05) is 6.54 Å². The van der Waals surface area contributed by atoms with Gasteiger partial charge in [0.25, 0.3) is 11.8 Å². The molecule has 0 saturated carbocycles. The fourth-order valence-electron chi connectivity index (χ4n) is 4.68. The third-order valence-corrected chi connectivity index (χ3v) is 6.92. The Kier molecular flexibility index (Phi) is 8.41. The lowest BCUT2D eigenvalue weighted by Crippen LogP contribution is -2.51. The minimum absolute atomic E-state index is 0.299. The van der Waals surface area contributed by atoms with Gasteiger partial charge in [0.15, 0.2) is 12.2 Å². The van der Waals surface area contributed by atoms with Crippen molar-refractivity contribution >= 4 is 29.3 Å². The van der Waals surface area contributed by atoms with E-state index in [4.69, 9.17) is 17.3 Å². The Morgan fingerprint density at radius 1 is 1.08 bits per heavy atom. The van der Waals surface area contributed by atoms with Crippen LogP contribution in [0.5, 0.6) is 0 Å². The average molecular weight is 537 g/mol. The van der Waals surface area contributed by atoms with E-state index in [1.54, 1.807) is 67.7 Å². The number of benzene rings is 2. The van der Waals surface area contributed by atoms with E-state index in [0.717, 1.165) is 12.0 Å². The standard InChI is InChI=1S/C28H29ClN4O5/c1-16(22-12-11-18(15-31-22)20-8-2-3-9-21(20)26(30)36)32-27(37)24(34)25(35)28(38)33-13-5-10-23(33)17-6-4-7-19(29)14-17/h2-4,6-9,11-12,14-16,23-25,34-35H,5,10,13H2,1H3,(H2,30,36)(H,32,37)/t16?,23-,24+,25+/m0/s1. The number of nitrogens with two attached hydrogens (primary N) is 1. The number of nitrogens with zero attached hydrogens (tertiary/aromatic N) is 2. The molecule has 3 amide bonds. The van der Waals surface area contributed by atoms with Gasteiger partial charge in [-0.3, -0.25) is 19.4 Å². The van der Waals surface area contributed by atoms with Crippen molar-refractivity contribution in [1.82, 2.24) is 15.2 Å². The number of hydrogen-bond donors (Lipinski definition) is 4. The Morgan fingerprint density at radius 3 is 2.53 bits per heavy atom. The third-order valence-electron chi connectivity index (χ3n) is 6.68. The molecule has 0 bridgehead atoms. The summed E-state index contributed by atoms with van der Waals surface area (Å²) < 4.78 is 0. The van der Waals surface area contributed by atoms with Crippen molar-refractivity contribution in [1.29, 1.82) is 0 Å². The van der Waals surface area contributed by atoms with Crippen molar-refractivity contribution in [2.24, 2.45) is 5.73 Å². The van der Waals surface area contributed by atoms with Crippen LogP contribution in [0.2, 0.25) is 5.02 Å². The molecule has 4 atom stereocenters. The van der Waals surface area contributed by atoms with Crippen molar-refractivity contribution in [3.8, 4) is 11.1 Å². The summed E-state index contributed by atoms with van der Waals surface area (Å²) in [5.74, 6) is -2.18. The number of nitrogens with one attached hydrogen (secondary N) is 1. The van der Waals surface area contributed by atoms with Crippen LogP contribution in [-0.4, -0.2) is 56.6 Å². The summed E-state index contributed by atoms with van der Waals surface area (Å²) >= 11 is 6.09. The average Bonchev–Trinajstić information content (AvgIpc) is 3.42. The lowest BCUT2D eigenvalue weighted by Gasteiger charge is -2.29. The van der Waals surface area contributed by atoms with E-state index in [0.29, 0.717) is 40.4 Å². The van der Waals surface area contributed by atoms with Gasteiger partial charge in [-0.2, -0.15) is 0 Å². The first kappa shape index (κ1) is 27.3. The van der Waals surface area contributed by atoms with Crippen molar-refractivity contribution in [2.45, 2.75) is 44.1 Å². The van der Waals surface area contributed by atoms with Crippen LogP contribution >= 0.6 is 11.6 Å². The van der Waals surface area contributed by atoms with Crippen molar-refractivity contribution in [3.63, 3.8) is 0 Å². The van der Waals surface area contributed by atoms with Crippen LogP contribution in [0.25, 0.3) is 11.1 Å². The molecule has 1 fully saturated rings. The second-order valence-electron chi connectivity index (χ2n) is 9.25. The fourth-order valence-corrected chi connectivity index (χ4v) is 4.88. The number of aromatic nitrogens is 1. The zero-order valence-corrected chi connectivity index (χ0v) is 21.5. The van der Waals surface area contributed by atoms with Crippen LogP contribution in [0, 0.1) is 0 Å². The third kappa shape index (κ3) is 5.85. The molecule has 0 radical (unpaired) electrons. The number of aliphatic hydroxyl groups is 2. The van der Waals surface area contributed by atoms with Gasteiger partial charge >= 0.3 is 0 Å². The Labute approximate surface area is 225 Å². The molecule has 1 saturated heterocycles. The molecule has 1 aliphatic heterocycles. The molecule has 1 unspecified atom stereocenters. The van der Waals surface area contributed by atoms with Crippen LogP contribution in [-0.2, 0) is 9.59 Å². The molecule has 1 aliphatic rings. The van der Waals surface area contributed by atoms with E-state index in [2.05, 4.69) is 10.3 Å². The SMILES string of the molecule is CC(NC(=O)[C@H](O)[C@@H](O)C(=O)N1CCC[C@H]1c1cccc(Cl)c1)c1ccc(-c2ccccc2C(N)=O)cn1. The number of halogens is 1. The number of amides is 3. The van der Waals surface area contributed by atoms with E-state index >= 15 is 0 Å². The van der Waals surface area contributed by atoms with E-state index in [-0.39, 0.29) is 6.04 Å².